The Bertz CT molecular complexity index is 783. The van der Waals surface area contributed by atoms with Gasteiger partial charge in [-0.1, -0.05) is 18.2 Å². The molecule has 6 nitrogen and oxygen atoms in total. The van der Waals surface area contributed by atoms with Crippen molar-refractivity contribution in [3.63, 3.8) is 0 Å². The lowest BCUT2D eigenvalue weighted by Gasteiger charge is -2.17. The van der Waals surface area contributed by atoms with Crippen LogP contribution in [-0.4, -0.2) is 30.8 Å². The number of hydrogen-bond donors (Lipinski definition) is 0. The van der Waals surface area contributed by atoms with Gasteiger partial charge in [0, 0.05) is 31.5 Å². The Morgan fingerprint density at radius 1 is 1.25 bits per heavy atom. The topological polar surface area (TPSA) is 68.0 Å². The predicted molar refractivity (Wildman–Crippen MR) is 96.0 cm³/mol. The number of allylic oxidation sites excluding steroid dienone is 1. The first-order chi connectivity index (χ1) is 11.5. The predicted octanol–water partition coefficient (Wildman–Crippen LogP) is 4.18. The van der Waals surface area contributed by atoms with Crippen molar-refractivity contribution < 1.29 is 9.66 Å². The largest absolute Gasteiger partial charge is 0.497 e. The van der Waals surface area contributed by atoms with E-state index < -0.39 is 4.92 Å². The molecule has 0 fully saturated rings. The molecule has 0 aliphatic rings. The van der Waals surface area contributed by atoms with E-state index in [0.717, 1.165) is 22.6 Å². The molecule has 0 heterocycles. The van der Waals surface area contributed by atoms with Gasteiger partial charge in [0.25, 0.3) is 5.69 Å². The summed E-state index contributed by atoms with van der Waals surface area (Å²) in [6.45, 7) is 5.35. The summed E-state index contributed by atoms with van der Waals surface area (Å²) in [6, 6.07) is 12.4. The zero-order chi connectivity index (χ0) is 17.7. The van der Waals surface area contributed by atoms with Crippen molar-refractivity contribution in [1.29, 1.82) is 0 Å². The first-order valence-corrected chi connectivity index (χ1v) is 7.31. The van der Waals surface area contributed by atoms with Crippen LogP contribution in [-0.2, 0) is 0 Å². The lowest BCUT2D eigenvalue weighted by Crippen LogP contribution is -2.09. The van der Waals surface area contributed by atoms with E-state index in [2.05, 4.69) is 11.8 Å². The van der Waals surface area contributed by atoms with Gasteiger partial charge in [0.05, 0.1) is 17.7 Å². The van der Waals surface area contributed by atoms with Gasteiger partial charge in [0.1, 0.15) is 5.75 Å². The van der Waals surface area contributed by atoms with Gasteiger partial charge in [0.15, 0.2) is 0 Å². The molecular weight excluding hydrogens is 306 g/mol. The number of methoxy groups -OCH3 is 1. The Balaban J connectivity index is 2.59. The van der Waals surface area contributed by atoms with E-state index in [9.17, 15) is 10.1 Å². The molecule has 0 aliphatic heterocycles. The molecule has 0 unspecified atom stereocenters. The maximum absolute atomic E-state index is 11.3. The van der Waals surface area contributed by atoms with Crippen LogP contribution in [0.1, 0.15) is 12.5 Å². The molecule has 0 bridgehead atoms. The van der Waals surface area contributed by atoms with Crippen molar-refractivity contribution in [2.45, 2.75) is 6.92 Å². The number of hydrazone groups is 1. The van der Waals surface area contributed by atoms with Crippen LogP contribution in [0, 0.1) is 10.1 Å². The summed E-state index contributed by atoms with van der Waals surface area (Å²) in [4.78, 5) is 10.9. The van der Waals surface area contributed by atoms with Crippen molar-refractivity contribution in [2.24, 2.45) is 5.10 Å². The van der Waals surface area contributed by atoms with Gasteiger partial charge in [-0.05, 0) is 36.2 Å². The van der Waals surface area contributed by atoms with E-state index in [1.54, 1.807) is 25.2 Å². The molecule has 24 heavy (non-hydrogen) atoms. The fourth-order valence-corrected chi connectivity index (χ4v) is 2.43. The highest BCUT2D eigenvalue weighted by atomic mass is 16.6. The summed E-state index contributed by atoms with van der Waals surface area (Å²) in [5.41, 5.74) is 3.08. The van der Waals surface area contributed by atoms with Crippen molar-refractivity contribution >= 4 is 18.1 Å². The first kappa shape index (κ1) is 17.2. The molecule has 0 saturated heterocycles. The Kier molecular flexibility index (Phi) is 5.31. The number of nitrogens with zero attached hydrogens (tertiary/aromatic N) is 3. The third kappa shape index (κ3) is 3.60. The maximum Gasteiger partial charge on any atom is 0.270 e. The highest BCUT2D eigenvalue weighted by Crippen LogP contribution is 2.31. The van der Waals surface area contributed by atoms with Gasteiger partial charge in [-0.15, -0.1) is 0 Å². The Labute approximate surface area is 140 Å². The molecule has 0 spiro atoms. The van der Waals surface area contributed by atoms with E-state index in [0.29, 0.717) is 5.56 Å². The molecule has 6 heteroatoms. The number of nitro benzene ring substituents is 1. The fraction of sp³-hybridized carbons (Fsp3) is 0.167. The van der Waals surface area contributed by atoms with Crippen LogP contribution in [0.4, 0.5) is 5.69 Å². The van der Waals surface area contributed by atoms with Crippen molar-refractivity contribution in [3.05, 3.63) is 64.2 Å². The third-order valence-electron chi connectivity index (χ3n) is 3.68. The molecule has 0 radical (unpaired) electrons. The summed E-state index contributed by atoms with van der Waals surface area (Å²) in [7, 11) is 3.34. The standard InChI is InChI=1S/C18H19N3O3/c1-5-18(20(3)19-2)15-10-14(11-16(12-15)21(22)23)13-6-8-17(24-4)9-7-13/h5-12H,2H2,1,3-4H3/b18-5-. The Hall–Kier alpha value is -3.15. The van der Waals surface area contributed by atoms with E-state index in [-0.39, 0.29) is 5.69 Å². The minimum absolute atomic E-state index is 0.0233. The highest BCUT2D eigenvalue weighted by Gasteiger charge is 2.15. The molecule has 2 aromatic rings. The van der Waals surface area contributed by atoms with Gasteiger partial charge in [0.2, 0.25) is 0 Å². The highest BCUT2D eigenvalue weighted by molar-refractivity contribution is 5.75. The molecule has 0 aromatic heterocycles. The van der Waals surface area contributed by atoms with Crippen molar-refractivity contribution in [1.82, 2.24) is 5.01 Å². The molecule has 2 rings (SSSR count). The van der Waals surface area contributed by atoms with Crippen LogP contribution in [0.5, 0.6) is 5.75 Å². The van der Waals surface area contributed by atoms with E-state index >= 15 is 0 Å². The smallest absolute Gasteiger partial charge is 0.270 e. The average molecular weight is 325 g/mol. The number of non-ortho nitro benzene ring substituents is 1. The van der Waals surface area contributed by atoms with Crippen LogP contribution >= 0.6 is 0 Å². The molecule has 0 N–H and O–H groups in total. The molecule has 2 aromatic carbocycles. The normalized spacial score (nSPS) is 11.0. The second kappa shape index (κ2) is 7.41. The van der Waals surface area contributed by atoms with Crippen LogP contribution in [0.25, 0.3) is 16.8 Å². The minimum Gasteiger partial charge on any atom is -0.497 e. The maximum atomic E-state index is 11.3. The summed E-state index contributed by atoms with van der Waals surface area (Å²) >= 11 is 0. The summed E-state index contributed by atoms with van der Waals surface area (Å²) in [5.74, 6) is 0.731. The zero-order valence-electron chi connectivity index (χ0n) is 13.9. The zero-order valence-corrected chi connectivity index (χ0v) is 13.9. The monoisotopic (exact) mass is 325 g/mol. The minimum atomic E-state index is -0.398. The Morgan fingerprint density at radius 2 is 1.92 bits per heavy atom. The third-order valence-corrected chi connectivity index (χ3v) is 3.68. The lowest BCUT2D eigenvalue weighted by molar-refractivity contribution is -0.384. The molecule has 0 atom stereocenters. The van der Waals surface area contributed by atoms with Crippen LogP contribution < -0.4 is 4.74 Å². The summed E-state index contributed by atoms with van der Waals surface area (Å²) in [6.07, 6.45) is 1.84. The number of benzene rings is 2. The van der Waals surface area contributed by atoms with Gasteiger partial charge in [-0.3, -0.25) is 15.1 Å². The van der Waals surface area contributed by atoms with Crippen LogP contribution in [0.15, 0.2) is 53.6 Å². The van der Waals surface area contributed by atoms with Crippen molar-refractivity contribution in [3.8, 4) is 16.9 Å². The number of nitro groups is 1. The molecule has 0 aliphatic carbocycles. The first-order valence-electron chi connectivity index (χ1n) is 7.31. The van der Waals surface area contributed by atoms with Crippen LogP contribution in [0.2, 0.25) is 0 Å². The second-order valence-corrected chi connectivity index (χ2v) is 5.09. The van der Waals surface area contributed by atoms with E-state index in [4.69, 9.17) is 4.74 Å². The number of ether oxygens (including phenoxy) is 1. The summed E-state index contributed by atoms with van der Waals surface area (Å²) < 4.78 is 5.15. The fourth-order valence-electron chi connectivity index (χ4n) is 2.43. The number of rotatable bonds is 6. The molecule has 0 amide bonds. The number of hydrogen-bond acceptors (Lipinski definition) is 5. The van der Waals surface area contributed by atoms with Gasteiger partial charge >= 0.3 is 0 Å². The average Bonchev–Trinajstić information content (AvgIpc) is 2.61. The van der Waals surface area contributed by atoms with Crippen molar-refractivity contribution in [2.75, 3.05) is 14.2 Å². The summed E-state index contributed by atoms with van der Waals surface area (Å²) in [5, 5.41) is 16.7. The lowest BCUT2D eigenvalue weighted by atomic mass is 10.00. The SMILES string of the molecule is C=NN(C)/C(=C\C)c1cc(-c2ccc(OC)cc2)cc([N+](=O)[O-])c1. The van der Waals surface area contributed by atoms with Gasteiger partial charge in [-0.2, -0.15) is 5.10 Å². The molecular formula is C18H19N3O3. The van der Waals surface area contributed by atoms with Gasteiger partial charge in [-0.25, -0.2) is 0 Å². The second-order valence-electron chi connectivity index (χ2n) is 5.09. The van der Waals surface area contributed by atoms with Gasteiger partial charge < -0.3 is 4.74 Å². The van der Waals surface area contributed by atoms with Crippen LogP contribution in [0.3, 0.4) is 0 Å². The quantitative estimate of drug-likeness (QED) is 0.454. The van der Waals surface area contributed by atoms with E-state index in [1.807, 2.05) is 43.3 Å². The Morgan fingerprint density at radius 3 is 2.42 bits per heavy atom. The molecule has 0 saturated carbocycles. The van der Waals surface area contributed by atoms with E-state index in [1.165, 1.54) is 6.07 Å². The molecule has 124 valence electrons.